The number of anilines is 1. The third-order valence-electron chi connectivity index (χ3n) is 4.71. The van der Waals surface area contributed by atoms with Crippen LogP contribution in [0.4, 0.5) is 5.69 Å². The quantitative estimate of drug-likeness (QED) is 0.881. The van der Waals surface area contributed by atoms with Gasteiger partial charge >= 0.3 is 0 Å². The molecule has 0 saturated heterocycles. The van der Waals surface area contributed by atoms with Gasteiger partial charge in [0, 0.05) is 54.1 Å². The fraction of sp³-hybridized carbons (Fsp3) is 0.500. The highest BCUT2D eigenvalue weighted by Crippen LogP contribution is 2.32. The summed E-state index contributed by atoms with van der Waals surface area (Å²) in [5.74, 6) is 0. The Bertz CT molecular complexity index is 609. The molecule has 0 amide bonds. The predicted molar refractivity (Wildman–Crippen MR) is 98.3 cm³/mol. The molecule has 1 saturated carbocycles. The first kappa shape index (κ1) is 18.0. The summed E-state index contributed by atoms with van der Waals surface area (Å²) in [6.07, 6.45) is 9.01. The second kappa shape index (κ2) is 8.48. The van der Waals surface area contributed by atoms with Gasteiger partial charge in [0.1, 0.15) is 0 Å². The largest absolute Gasteiger partial charge is 0.396 e. The van der Waals surface area contributed by atoms with E-state index in [2.05, 4.69) is 34.1 Å². The number of halogens is 1. The molecule has 4 nitrogen and oxygen atoms in total. The number of aliphatic hydroxyl groups is 1. The van der Waals surface area contributed by atoms with Gasteiger partial charge in [0.2, 0.25) is 0 Å². The van der Waals surface area contributed by atoms with Crippen LogP contribution in [0.15, 0.2) is 36.7 Å². The van der Waals surface area contributed by atoms with Gasteiger partial charge in [-0.05, 0) is 44.2 Å². The third-order valence-corrected chi connectivity index (χ3v) is 4.71. The molecule has 1 aromatic carbocycles. The van der Waals surface area contributed by atoms with Crippen molar-refractivity contribution in [3.8, 4) is 0 Å². The van der Waals surface area contributed by atoms with E-state index in [-0.39, 0.29) is 19.0 Å². The Hall–Kier alpha value is -1.36. The molecule has 0 bridgehead atoms. The first-order chi connectivity index (χ1) is 10.8. The first-order valence-electron chi connectivity index (χ1n) is 8.25. The summed E-state index contributed by atoms with van der Waals surface area (Å²) < 4.78 is 0. The molecule has 0 unspecified atom stereocenters. The van der Waals surface area contributed by atoms with Crippen LogP contribution in [0.5, 0.6) is 0 Å². The molecule has 1 fully saturated rings. The van der Waals surface area contributed by atoms with Gasteiger partial charge in [-0.3, -0.25) is 4.98 Å². The molecule has 1 aromatic heterocycles. The Kier molecular flexibility index (Phi) is 6.63. The van der Waals surface area contributed by atoms with Gasteiger partial charge in [-0.15, -0.1) is 12.4 Å². The lowest BCUT2D eigenvalue weighted by molar-refractivity contribution is 0.284. The highest BCUT2D eigenvalue weighted by molar-refractivity contribution is 5.93. The summed E-state index contributed by atoms with van der Waals surface area (Å²) in [7, 11) is 0. The van der Waals surface area contributed by atoms with Gasteiger partial charge in [-0.2, -0.15) is 0 Å². The van der Waals surface area contributed by atoms with E-state index in [4.69, 9.17) is 5.73 Å². The molecule has 1 heterocycles. The molecule has 3 N–H and O–H groups in total. The number of pyridine rings is 1. The van der Waals surface area contributed by atoms with E-state index in [1.54, 1.807) is 0 Å². The summed E-state index contributed by atoms with van der Waals surface area (Å²) >= 11 is 0. The number of hydrogen-bond acceptors (Lipinski definition) is 4. The van der Waals surface area contributed by atoms with Crippen molar-refractivity contribution in [1.29, 1.82) is 0 Å². The Morgan fingerprint density at radius 1 is 1.17 bits per heavy atom. The number of aliphatic hydroxyl groups excluding tert-OH is 1. The maximum Gasteiger partial charge on any atom is 0.0449 e. The molecule has 5 heteroatoms. The zero-order valence-electron chi connectivity index (χ0n) is 13.4. The lowest BCUT2D eigenvalue weighted by Crippen LogP contribution is -2.41. The monoisotopic (exact) mass is 335 g/mol. The fourth-order valence-corrected chi connectivity index (χ4v) is 3.51. The second-order valence-corrected chi connectivity index (χ2v) is 6.21. The van der Waals surface area contributed by atoms with Crippen LogP contribution in [0.25, 0.3) is 10.8 Å². The van der Waals surface area contributed by atoms with Crippen LogP contribution < -0.4 is 10.6 Å². The van der Waals surface area contributed by atoms with Gasteiger partial charge < -0.3 is 15.7 Å². The topological polar surface area (TPSA) is 62.4 Å². The van der Waals surface area contributed by atoms with Crippen molar-refractivity contribution in [3.63, 3.8) is 0 Å². The van der Waals surface area contributed by atoms with E-state index < -0.39 is 0 Å². The smallest absolute Gasteiger partial charge is 0.0449 e. The summed E-state index contributed by atoms with van der Waals surface area (Å²) in [5, 5.41) is 11.7. The lowest BCUT2D eigenvalue weighted by atomic mass is 9.90. The van der Waals surface area contributed by atoms with Crippen molar-refractivity contribution < 1.29 is 5.11 Å². The summed E-state index contributed by atoms with van der Waals surface area (Å²) in [5.41, 5.74) is 7.32. The summed E-state index contributed by atoms with van der Waals surface area (Å²) in [6, 6.07) is 9.35. The average molecular weight is 336 g/mol. The van der Waals surface area contributed by atoms with Crippen molar-refractivity contribution >= 4 is 28.9 Å². The van der Waals surface area contributed by atoms with Gasteiger partial charge in [0.25, 0.3) is 0 Å². The van der Waals surface area contributed by atoms with E-state index in [9.17, 15) is 5.11 Å². The van der Waals surface area contributed by atoms with Crippen molar-refractivity contribution in [2.24, 2.45) is 5.73 Å². The van der Waals surface area contributed by atoms with E-state index in [1.807, 2.05) is 12.4 Å². The zero-order valence-corrected chi connectivity index (χ0v) is 14.2. The summed E-state index contributed by atoms with van der Waals surface area (Å²) in [4.78, 5) is 6.70. The number of rotatable bonds is 5. The van der Waals surface area contributed by atoms with Gasteiger partial charge in [0.05, 0.1) is 0 Å². The third kappa shape index (κ3) is 4.14. The van der Waals surface area contributed by atoms with Crippen molar-refractivity contribution in [2.75, 3.05) is 18.1 Å². The Labute approximate surface area is 144 Å². The molecule has 23 heavy (non-hydrogen) atoms. The average Bonchev–Trinajstić information content (AvgIpc) is 2.57. The fourth-order valence-electron chi connectivity index (χ4n) is 3.51. The highest BCUT2D eigenvalue weighted by atomic mass is 35.5. The van der Waals surface area contributed by atoms with Crippen LogP contribution in [0, 0.1) is 0 Å². The van der Waals surface area contributed by atoms with Crippen LogP contribution in [0.3, 0.4) is 0 Å². The molecule has 2 aromatic rings. The maximum atomic E-state index is 9.26. The second-order valence-electron chi connectivity index (χ2n) is 6.21. The van der Waals surface area contributed by atoms with Crippen molar-refractivity contribution in [3.05, 3.63) is 36.7 Å². The van der Waals surface area contributed by atoms with Crippen molar-refractivity contribution in [2.45, 2.75) is 44.2 Å². The van der Waals surface area contributed by atoms with E-state index in [1.165, 1.54) is 16.5 Å². The SMILES string of the molecule is Cl.N[C@H]1CC[C@@H](N(CCCO)c2cccc3cnccc23)CC1. The number of benzene rings is 1. The number of hydrogen-bond donors (Lipinski definition) is 2. The summed E-state index contributed by atoms with van der Waals surface area (Å²) in [6.45, 7) is 1.12. The Morgan fingerprint density at radius 3 is 2.70 bits per heavy atom. The van der Waals surface area contributed by atoms with E-state index >= 15 is 0 Å². The molecule has 3 rings (SSSR count). The zero-order chi connectivity index (χ0) is 15.4. The maximum absolute atomic E-state index is 9.26. The van der Waals surface area contributed by atoms with Gasteiger partial charge in [-0.25, -0.2) is 0 Å². The number of aromatic nitrogens is 1. The Morgan fingerprint density at radius 2 is 1.96 bits per heavy atom. The normalized spacial score (nSPS) is 21.0. The molecule has 0 spiro atoms. The molecule has 126 valence electrons. The standard InChI is InChI=1S/C18H25N3O.ClH/c19-15-5-7-16(8-6-15)21(11-2-12-22)18-4-1-3-14-13-20-10-9-17(14)18;/h1,3-4,9-10,13,15-16,22H,2,5-8,11-12,19H2;1H/t15-,16+;. The first-order valence-corrected chi connectivity index (χ1v) is 8.25. The van der Waals surface area contributed by atoms with Crippen LogP contribution in [0.2, 0.25) is 0 Å². The Balaban J connectivity index is 0.00000192. The molecular formula is C18H26ClN3O. The predicted octanol–water partition coefficient (Wildman–Crippen LogP) is 3.12. The number of fused-ring (bicyclic) bond motifs is 1. The molecule has 0 atom stereocenters. The molecule has 1 aliphatic carbocycles. The van der Waals surface area contributed by atoms with E-state index in [0.29, 0.717) is 12.1 Å². The highest BCUT2D eigenvalue weighted by Gasteiger charge is 2.25. The van der Waals surface area contributed by atoms with Gasteiger partial charge in [0.15, 0.2) is 0 Å². The van der Waals surface area contributed by atoms with Crippen LogP contribution in [-0.4, -0.2) is 35.3 Å². The van der Waals surface area contributed by atoms with Crippen molar-refractivity contribution in [1.82, 2.24) is 4.98 Å². The molecule has 0 radical (unpaired) electrons. The van der Waals surface area contributed by atoms with E-state index in [0.717, 1.165) is 38.6 Å². The van der Waals surface area contributed by atoms with Crippen LogP contribution >= 0.6 is 12.4 Å². The number of nitrogens with two attached hydrogens (primary N) is 1. The molecular weight excluding hydrogens is 310 g/mol. The minimum Gasteiger partial charge on any atom is -0.396 e. The lowest BCUT2D eigenvalue weighted by Gasteiger charge is -2.38. The minimum atomic E-state index is 0. The minimum absolute atomic E-state index is 0. The van der Waals surface area contributed by atoms with Crippen LogP contribution in [-0.2, 0) is 0 Å². The van der Waals surface area contributed by atoms with Crippen LogP contribution in [0.1, 0.15) is 32.1 Å². The molecule has 0 aliphatic heterocycles. The van der Waals surface area contributed by atoms with Gasteiger partial charge in [-0.1, -0.05) is 12.1 Å². The number of nitrogens with zero attached hydrogens (tertiary/aromatic N) is 2. The molecule has 1 aliphatic rings.